The van der Waals surface area contributed by atoms with Crippen LogP contribution in [0, 0.1) is 5.92 Å². The van der Waals surface area contributed by atoms with Gasteiger partial charge in [0.15, 0.2) is 5.82 Å². The van der Waals surface area contributed by atoms with Crippen molar-refractivity contribution in [1.29, 1.82) is 0 Å². The van der Waals surface area contributed by atoms with E-state index in [1.54, 1.807) is 31.8 Å². The largest absolute Gasteiger partial charge is 0.497 e. The van der Waals surface area contributed by atoms with Crippen molar-refractivity contribution in [1.82, 2.24) is 25.1 Å². The smallest absolute Gasteiger partial charge is 0.251 e. The van der Waals surface area contributed by atoms with Gasteiger partial charge in [0, 0.05) is 11.8 Å². The lowest BCUT2D eigenvalue weighted by Crippen LogP contribution is -2.30. The Balaban J connectivity index is 1.54. The van der Waals surface area contributed by atoms with Crippen molar-refractivity contribution in [3.8, 4) is 11.6 Å². The Labute approximate surface area is 151 Å². The fourth-order valence-electron chi connectivity index (χ4n) is 2.95. The van der Waals surface area contributed by atoms with E-state index in [9.17, 15) is 4.79 Å². The van der Waals surface area contributed by atoms with Crippen molar-refractivity contribution in [3.05, 3.63) is 66.4 Å². The summed E-state index contributed by atoms with van der Waals surface area (Å²) in [6.45, 7) is 0. The lowest BCUT2D eigenvalue weighted by molar-refractivity contribution is 0.0931. The first kappa shape index (κ1) is 16.3. The summed E-state index contributed by atoms with van der Waals surface area (Å²) in [7, 11) is 1.64. The molecule has 7 heteroatoms. The van der Waals surface area contributed by atoms with E-state index in [0.717, 1.165) is 24.2 Å². The van der Waals surface area contributed by atoms with Gasteiger partial charge >= 0.3 is 0 Å². The van der Waals surface area contributed by atoms with E-state index in [2.05, 4.69) is 20.4 Å². The van der Waals surface area contributed by atoms with Crippen molar-refractivity contribution >= 4 is 5.91 Å². The monoisotopic (exact) mass is 349 g/mol. The van der Waals surface area contributed by atoms with Crippen LogP contribution >= 0.6 is 0 Å². The highest BCUT2D eigenvalue weighted by Gasteiger charge is 2.33. The molecule has 26 heavy (non-hydrogen) atoms. The number of hydrogen-bond acceptors (Lipinski definition) is 5. The van der Waals surface area contributed by atoms with E-state index in [1.807, 2.05) is 24.3 Å². The van der Waals surface area contributed by atoms with E-state index >= 15 is 0 Å². The van der Waals surface area contributed by atoms with Crippen LogP contribution in [0.3, 0.4) is 0 Å². The normalized spacial score (nSPS) is 14.7. The average molecular weight is 349 g/mol. The quantitative estimate of drug-likeness (QED) is 0.739. The first-order valence-electron chi connectivity index (χ1n) is 8.50. The molecular weight excluding hydrogens is 330 g/mol. The molecule has 1 aromatic carbocycles. The van der Waals surface area contributed by atoms with Gasteiger partial charge in [0.2, 0.25) is 0 Å². The predicted octanol–water partition coefficient (Wildman–Crippen LogP) is 2.55. The number of carbonyl (C=O) groups excluding carboxylic acids is 1. The molecule has 7 nitrogen and oxygen atoms in total. The molecule has 1 aliphatic rings. The highest BCUT2D eigenvalue weighted by atomic mass is 16.5. The third-order valence-corrected chi connectivity index (χ3v) is 4.52. The summed E-state index contributed by atoms with van der Waals surface area (Å²) in [5, 5.41) is 7.22. The van der Waals surface area contributed by atoms with Gasteiger partial charge < -0.3 is 10.1 Å². The second-order valence-electron chi connectivity index (χ2n) is 6.30. The van der Waals surface area contributed by atoms with Gasteiger partial charge in [-0.2, -0.15) is 5.10 Å². The van der Waals surface area contributed by atoms with Gasteiger partial charge in [-0.15, -0.1) is 0 Å². The summed E-state index contributed by atoms with van der Waals surface area (Å²) >= 11 is 0. The molecule has 3 aromatic rings. The molecule has 0 aliphatic heterocycles. The van der Waals surface area contributed by atoms with E-state index < -0.39 is 0 Å². The number of aromatic nitrogens is 4. The molecule has 0 saturated heterocycles. The molecule has 2 aromatic heterocycles. The Morgan fingerprint density at radius 3 is 2.73 bits per heavy atom. The number of hydrogen-bond donors (Lipinski definition) is 1. The summed E-state index contributed by atoms with van der Waals surface area (Å²) in [4.78, 5) is 20.9. The molecule has 1 saturated carbocycles. The molecule has 0 unspecified atom stereocenters. The number of rotatable bonds is 6. The van der Waals surface area contributed by atoms with Crippen LogP contribution in [0.2, 0.25) is 0 Å². The maximum absolute atomic E-state index is 12.8. The Morgan fingerprint density at radius 2 is 2.08 bits per heavy atom. The van der Waals surface area contributed by atoms with Crippen molar-refractivity contribution < 1.29 is 9.53 Å². The molecule has 2 heterocycles. The Bertz CT molecular complexity index is 889. The predicted molar refractivity (Wildman–Crippen MR) is 95.1 cm³/mol. The SMILES string of the molecule is COc1ccc([C@@H](NC(=O)c2ccnc(-n3cncn3)c2)C2CC2)cc1. The number of ether oxygens (including phenoxy) is 1. The second kappa shape index (κ2) is 6.95. The molecule has 1 aliphatic carbocycles. The zero-order chi connectivity index (χ0) is 17.9. The summed E-state index contributed by atoms with van der Waals surface area (Å²) in [6.07, 6.45) is 6.83. The van der Waals surface area contributed by atoms with Crippen molar-refractivity contribution in [2.45, 2.75) is 18.9 Å². The van der Waals surface area contributed by atoms with Crippen LogP contribution in [0.15, 0.2) is 55.2 Å². The van der Waals surface area contributed by atoms with Gasteiger partial charge in [-0.05, 0) is 48.6 Å². The number of pyridine rings is 1. The van der Waals surface area contributed by atoms with Crippen molar-refractivity contribution in [2.24, 2.45) is 5.92 Å². The molecule has 1 amide bonds. The Kier molecular flexibility index (Phi) is 4.35. The topological polar surface area (TPSA) is 81.9 Å². The lowest BCUT2D eigenvalue weighted by atomic mass is 10.0. The van der Waals surface area contributed by atoms with Gasteiger partial charge in [-0.3, -0.25) is 4.79 Å². The Hall–Kier alpha value is -3.22. The minimum absolute atomic E-state index is 0.00334. The molecule has 1 N–H and O–H groups in total. The standard InChI is InChI=1S/C19H19N5O2/c1-26-16-6-4-14(5-7-16)18(13-2-3-13)23-19(25)15-8-9-21-17(10-15)24-12-20-11-22-24/h4-13,18H,2-3H2,1H3,(H,23,25)/t18-/m0/s1. The number of nitrogens with one attached hydrogen (secondary N) is 1. The molecule has 1 fully saturated rings. The fourth-order valence-corrected chi connectivity index (χ4v) is 2.95. The fraction of sp³-hybridized carbons (Fsp3) is 0.263. The van der Waals surface area contributed by atoms with Gasteiger partial charge in [0.25, 0.3) is 5.91 Å². The van der Waals surface area contributed by atoms with Crippen LogP contribution in [-0.2, 0) is 0 Å². The molecule has 4 rings (SSSR count). The summed E-state index contributed by atoms with van der Waals surface area (Å²) in [5.74, 6) is 1.72. The second-order valence-corrected chi connectivity index (χ2v) is 6.30. The van der Waals surface area contributed by atoms with Gasteiger partial charge in [0.05, 0.1) is 13.2 Å². The third kappa shape index (κ3) is 3.42. The minimum Gasteiger partial charge on any atom is -0.497 e. The van der Waals surface area contributed by atoms with Crippen LogP contribution < -0.4 is 10.1 Å². The minimum atomic E-state index is -0.124. The molecule has 0 bridgehead atoms. The van der Waals surface area contributed by atoms with E-state index in [0.29, 0.717) is 17.3 Å². The van der Waals surface area contributed by atoms with Gasteiger partial charge in [-0.1, -0.05) is 12.1 Å². The number of carbonyl (C=O) groups is 1. The number of methoxy groups -OCH3 is 1. The first-order valence-corrected chi connectivity index (χ1v) is 8.50. The lowest BCUT2D eigenvalue weighted by Gasteiger charge is -2.19. The number of benzene rings is 1. The van der Waals surface area contributed by atoms with Gasteiger partial charge in [-0.25, -0.2) is 14.6 Å². The molecular formula is C19H19N5O2. The highest BCUT2D eigenvalue weighted by molar-refractivity contribution is 5.94. The summed E-state index contributed by atoms with van der Waals surface area (Å²) < 4.78 is 6.74. The van der Waals surface area contributed by atoms with Crippen molar-refractivity contribution in [2.75, 3.05) is 7.11 Å². The van der Waals surface area contributed by atoms with E-state index in [-0.39, 0.29) is 11.9 Å². The zero-order valence-electron chi connectivity index (χ0n) is 14.4. The van der Waals surface area contributed by atoms with Crippen molar-refractivity contribution in [3.63, 3.8) is 0 Å². The maximum Gasteiger partial charge on any atom is 0.251 e. The Morgan fingerprint density at radius 1 is 1.27 bits per heavy atom. The highest BCUT2D eigenvalue weighted by Crippen LogP contribution is 2.41. The average Bonchev–Trinajstić information content (AvgIpc) is 3.38. The van der Waals surface area contributed by atoms with Crippen LogP contribution in [-0.4, -0.2) is 32.8 Å². The third-order valence-electron chi connectivity index (χ3n) is 4.52. The van der Waals surface area contributed by atoms with Gasteiger partial charge in [0.1, 0.15) is 18.4 Å². The summed E-state index contributed by atoms with van der Waals surface area (Å²) in [6, 6.07) is 11.3. The maximum atomic E-state index is 12.8. The molecule has 0 radical (unpaired) electrons. The summed E-state index contributed by atoms with van der Waals surface area (Å²) in [5.41, 5.74) is 1.64. The molecule has 1 atom stereocenters. The van der Waals surface area contributed by atoms with Crippen LogP contribution in [0.5, 0.6) is 5.75 Å². The van der Waals surface area contributed by atoms with Crippen LogP contribution in [0.4, 0.5) is 0 Å². The van der Waals surface area contributed by atoms with E-state index in [1.165, 1.54) is 11.0 Å². The number of nitrogens with zero attached hydrogens (tertiary/aromatic N) is 4. The molecule has 0 spiro atoms. The van der Waals surface area contributed by atoms with Crippen LogP contribution in [0.1, 0.15) is 34.8 Å². The zero-order valence-corrected chi connectivity index (χ0v) is 14.4. The molecule has 132 valence electrons. The van der Waals surface area contributed by atoms with E-state index in [4.69, 9.17) is 4.74 Å². The first-order chi connectivity index (χ1) is 12.7. The number of amides is 1. The van der Waals surface area contributed by atoms with Crippen LogP contribution in [0.25, 0.3) is 5.82 Å².